The average molecular weight is 394 g/mol. The molecule has 2 aromatic rings. The van der Waals surface area contributed by atoms with Crippen LogP contribution in [0.4, 0.5) is 35.9 Å². The van der Waals surface area contributed by atoms with E-state index in [0.717, 1.165) is 6.07 Å². The zero-order chi connectivity index (χ0) is 20.4. The first kappa shape index (κ1) is 18.0. The average Bonchev–Trinajstić information content (AvgIpc) is 2.58. The predicted octanol–water partition coefficient (Wildman–Crippen LogP) is 4.13. The van der Waals surface area contributed by atoms with Crippen molar-refractivity contribution in [2.24, 2.45) is 0 Å². The molecule has 0 aliphatic carbocycles. The maximum absolute atomic E-state index is 13.2. The Bertz CT molecular complexity index is 1040. The molecule has 0 radical (unpaired) electrons. The SMILES string of the molecule is Cc1cc2c(c([N+](=O)[O-])c1)N1Cc3cc(C(F)(F)F)cc([N+](=O)[O-])c3N(C2)C1. The first-order valence-electron chi connectivity index (χ1n) is 8.22. The minimum Gasteiger partial charge on any atom is -0.344 e. The number of nitrogens with zero attached hydrogens (tertiary/aromatic N) is 4. The van der Waals surface area contributed by atoms with Crippen LogP contribution in [0, 0.1) is 27.2 Å². The van der Waals surface area contributed by atoms with Crippen LogP contribution in [0.15, 0.2) is 24.3 Å². The van der Waals surface area contributed by atoms with Crippen molar-refractivity contribution in [1.82, 2.24) is 0 Å². The topological polar surface area (TPSA) is 92.8 Å². The monoisotopic (exact) mass is 394 g/mol. The largest absolute Gasteiger partial charge is 0.416 e. The van der Waals surface area contributed by atoms with Crippen molar-refractivity contribution in [2.45, 2.75) is 26.2 Å². The molecule has 0 saturated heterocycles. The minimum atomic E-state index is -4.74. The van der Waals surface area contributed by atoms with Crippen molar-refractivity contribution >= 4 is 22.7 Å². The van der Waals surface area contributed by atoms with Gasteiger partial charge in [-0.25, -0.2) is 0 Å². The fourth-order valence-electron chi connectivity index (χ4n) is 3.94. The molecule has 0 N–H and O–H groups in total. The van der Waals surface area contributed by atoms with Crippen LogP contribution >= 0.6 is 0 Å². The second-order valence-corrected chi connectivity index (χ2v) is 6.84. The molecule has 2 heterocycles. The van der Waals surface area contributed by atoms with E-state index in [4.69, 9.17) is 0 Å². The minimum absolute atomic E-state index is 0.0898. The van der Waals surface area contributed by atoms with Gasteiger partial charge in [0.1, 0.15) is 11.4 Å². The van der Waals surface area contributed by atoms with Gasteiger partial charge in [-0.1, -0.05) is 6.07 Å². The number of fused-ring (bicyclic) bond motifs is 6. The number of alkyl halides is 3. The van der Waals surface area contributed by atoms with E-state index >= 15 is 0 Å². The summed E-state index contributed by atoms with van der Waals surface area (Å²) in [6.45, 7) is 1.87. The number of halogens is 3. The van der Waals surface area contributed by atoms with E-state index in [0.29, 0.717) is 22.9 Å². The number of nitro groups is 2. The molecule has 0 spiro atoms. The first-order chi connectivity index (χ1) is 13.1. The van der Waals surface area contributed by atoms with Gasteiger partial charge >= 0.3 is 6.18 Å². The van der Waals surface area contributed by atoms with Crippen LogP contribution in [0.5, 0.6) is 0 Å². The molecule has 2 aromatic carbocycles. The smallest absolute Gasteiger partial charge is 0.344 e. The molecule has 0 fully saturated rings. The predicted molar refractivity (Wildman–Crippen MR) is 93.2 cm³/mol. The zero-order valence-corrected chi connectivity index (χ0v) is 14.5. The normalized spacial score (nSPS) is 15.1. The van der Waals surface area contributed by atoms with Gasteiger partial charge in [0.15, 0.2) is 0 Å². The molecule has 8 nitrogen and oxygen atoms in total. The molecular weight excluding hydrogens is 381 g/mol. The standard InChI is InChI=1S/C17H13F3N4O4/c1-9-2-10-6-21-8-22(15(10)13(3-9)23(25)26)7-11-4-12(17(18,19)20)5-14(16(11)21)24(27)28/h2-5H,6-8H2,1H3. The lowest BCUT2D eigenvalue weighted by Crippen LogP contribution is -2.46. The van der Waals surface area contributed by atoms with Crippen LogP contribution in [0.1, 0.15) is 22.3 Å². The zero-order valence-electron chi connectivity index (χ0n) is 14.5. The molecule has 11 heteroatoms. The van der Waals surface area contributed by atoms with E-state index in [1.165, 1.54) is 6.07 Å². The lowest BCUT2D eigenvalue weighted by atomic mass is 9.96. The first-order valence-corrected chi connectivity index (χ1v) is 8.22. The fraction of sp³-hybridized carbons (Fsp3) is 0.294. The van der Waals surface area contributed by atoms with Crippen LogP contribution in [-0.2, 0) is 19.3 Å². The molecule has 2 aliphatic rings. The van der Waals surface area contributed by atoms with E-state index in [2.05, 4.69) is 0 Å². The summed E-state index contributed by atoms with van der Waals surface area (Å²) in [6.07, 6.45) is -4.74. The van der Waals surface area contributed by atoms with Crippen LogP contribution in [0.3, 0.4) is 0 Å². The summed E-state index contributed by atoms with van der Waals surface area (Å²) in [5.41, 5.74) is 0.0105. The Morgan fingerprint density at radius 1 is 0.893 bits per heavy atom. The Morgan fingerprint density at radius 2 is 1.39 bits per heavy atom. The van der Waals surface area contributed by atoms with Gasteiger partial charge in [-0.15, -0.1) is 0 Å². The summed E-state index contributed by atoms with van der Waals surface area (Å²) in [5, 5.41) is 23.0. The van der Waals surface area contributed by atoms with E-state index in [1.807, 2.05) is 0 Å². The summed E-state index contributed by atoms with van der Waals surface area (Å²) in [5.74, 6) is 0. The number of hydrogen-bond donors (Lipinski definition) is 0. The van der Waals surface area contributed by atoms with Crippen LogP contribution in [0.2, 0.25) is 0 Å². The van der Waals surface area contributed by atoms with E-state index in [1.54, 1.807) is 22.8 Å². The van der Waals surface area contributed by atoms with Gasteiger partial charge in [0.2, 0.25) is 0 Å². The van der Waals surface area contributed by atoms with Gasteiger partial charge in [-0.2, -0.15) is 13.2 Å². The summed E-state index contributed by atoms with van der Waals surface area (Å²) in [7, 11) is 0. The number of benzene rings is 2. The molecule has 146 valence electrons. The number of hydrogen-bond acceptors (Lipinski definition) is 6. The van der Waals surface area contributed by atoms with Crippen molar-refractivity contribution in [3.8, 4) is 0 Å². The highest BCUT2D eigenvalue weighted by atomic mass is 19.4. The van der Waals surface area contributed by atoms with E-state index < -0.39 is 27.3 Å². The molecule has 4 rings (SSSR count). The van der Waals surface area contributed by atoms with Crippen molar-refractivity contribution in [3.63, 3.8) is 0 Å². The highest BCUT2D eigenvalue weighted by Gasteiger charge is 2.41. The highest BCUT2D eigenvalue weighted by Crippen LogP contribution is 2.47. The summed E-state index contributed by atoms with van der Waals surface area (Å²) in [4.78, 5) is 24.8. The summed E-state index contributed by atoms with van der Waals surface area (Å²) in [6, 6.07) is 4.59. The Morgan fingerprint density at radius 3 is 1.89 bits per heavy atom. The Labute approximate surface area is 156 Å². The molecule has 2 bridgehead atoms. The van der Waals surface area contributed by atoms with Crippen LogP contribution in [0.25, 0.3) is 0 Å². The highest BCUT2D eigenvalue weighted by molar-refractivity contribution is 5.79. The lowest BCUT2D eigenvalue weighted by molar-refractivity contribution is -0.384. The molecule has 28 heavy (non-hydrogen) atoms. The molecule has 0 unspecified atom stereocenters. The number of nitro benzene ring substituents is 2. The van der Waals surface area contributed by atoms with Crippen molar-refractivity contribution in [3.05, 3.63) is 66.7 Å². The molecule has 0 amide bonds. The quantitative estimate of drug-likeness (QED) is 0.562. The van der Waals surface area contributed by atoms with Crippen LogP contribution in [-0.4, -0.2) is 16.5 Å². The lowest BCUT2D eigenvalue weighted by Gasteiger charge is -2.44. The van der Waals surface area contributed by atoms with Gasteiger partial charge in [0.05, 0.1) is 22.1 Å². The van der Waals surface area contributed by atoms with Gasteiger partial charge in [0, 0.05) is 36.3 Å². The van der Waals surface area contributed by atoms with Crippen LogP contribution < -0.4 is 9.80 Å². The second kappa shape index (κ2) is 5.81. The summed E-state index contributed by atoms with van der Waals surface area (Å²) < 4.78 is 39.6. The Balaban J connectivity index is 1.91. The third-order valence-corrected chi connectivity index (χ3v) is 4.90. The van der Waals surface area contributed by atoms with Gasteiger partial charge in [-0.05, 0) is 18.6 Å². The summed E-state index contributed by atoms with van der Waals surface area (Å²) >= 11 is 0. The van der Waals surface area contributed by atoms with Crippen molar-refractivity contribution < 1.29 is 23.0 Å². The molecule has 0 aromatic heterocycles. The third kappa shape index (κ3) is 2.70. The van der Waals surface area contributed by atoms with E-state index in [9.17, 15) is 33.4 Å². The van der Waals surface area contributed by atoms with Crippen molar-refractivity contribution in [1.29, 1.82) is 0 Å². The van der Waals surface area contributed by atoms with Gasteiger partial charge in [0.25, 0.3) is 11.4 Å². The maximum atomic E-state index is 13.2. The molecule has 0 saturated carbocycles. The molecule has 0 atom stereocenters. The van der Waals surface area contributed by atoms with E-state index in [-0.39, 0.29) is 36.7 Å². The molecular formula is C17H13F3N4O4. The molecule has 2 aliphatic heterocycles. The number of rotatable bonds is 2. The number of anilines is 2. The fourth-order valence-corrected chi connectivity index (χ4v) is 3.94. The van der Waals surface area contributed by atoms with Crippen molar-refractivity contribution in [2.75, 3.05) is 16.5 Å². The Hall–Kier alpha value is -3.37. The maximum Gasteiger partial charge on any atom is 0.416 e. The number of aryl methyl sites for hydroxylation is 1. The third-order valence-electron chi connectivity index (χ3n) is 4.90. The Kier molecular flexibility index (Phi) is 3.74. The second-order valence-electron chi connectivity index (χ2n) is 6.84. The van der Waals surface area contributed by atoms with Gasteiger partial charge < -0.3 is 9.80 Å². The van der Waals surface area contributed by atoms with Gasteiger partial charge in [-0.3, -0.25) is 20.2 Å².